The molecule has 0 aliphatic rings. The lowest BCUT2D eigenvalue weighted by Crippen LogP contribution is -2.50. The van der Waals surface area contributed by atoms with Gasteiger partial charge < -0.3 is 10.2 Å². The summed E-state index contributed by atoms with van der Waals surface area (Å²) in [5, 5.41) is 3.69. The molecule has 0 bridgehead atoms. The second kappa shape index (κ2) is 6.80. The standard InChI is InChI=1S/C15H23ClN2O/c1-5-18(15(2,3)4)14(19)17-11-10-12-6-8-13(16)9-7-12/h6-9H,5,10-11H2,1-4H3,(H,17,19). The fraction of sp³-hybridized carbons (Fsp3) is 0.533. The molecule has 0 atom stereocenters. The molecule has 0 fully saturated rings. The maximum atomic E-state index is 12.1. The number of hydrogen-bond donors (Lipinski definition) is 1. The van der Waals surface area contributed by atoms with Crippen LogP contribution in [0.3, 0.4) is 0 Å². The summed E-state index contributed by atoms with van der Waals surface area (Å²) in [6.07, 6.45) is 0.810. The normalized spacial score (nSPS) is 11.2. The molecule has 0 heterocycles. The predicted octanol–water partition coefficient (Wildman–Crippen LogP) is 3.71. The molecule has 0 aliphatic carbocycles. The third kappa shape index (κ3) is 5.11. The van der Waals surface area contributed by atoms with Crippen molar-refractivity contribution in [2.75, 3.05) is 13.1 Å². The number of nitrogens with zero attached hydrogens (tertiary/aromatic N) is 1. The molecule has 0 aliphatic heterocycles. The van der Waals surface area contributed by atoms with Crippen molar-refractivity contribution >= 4 is 17.6 Å². The minimum absolute atomic E-state index is 0.0102. The minimum Gasteiger partial charge on any atom is -0.338 e. The Kier molecular flexibility index (Phi) is 5.67. The Morgan fingerprint density at radius 1 is 1.26 bits per heavy atom. The van der Waals surface area contributed by atoms with Gasteiger partial charge in [-0.2, -0.15) is 0 Å². The Hall–Kier alpha value is -1.22. The fourth-order valence-corrected chi connectivity index (χ4v) is 2.11. The van der Waals surface area contributed by atoms with Crippen molar-refractivity contribution in [3.8, 4) is 0 Å². The highest BCUT2D eigenvalue weighted by atomic mass is 35.5. The third-order valence-electron chi connectivity index (χ3n) is 2.97. The average molecular weight is 283 g/mol. The van der Waals surface area contributed by atoms with E-state index in [1.165, 1.54) is 5.56 Å². The van der Waals surface area contributed by atoms with E-state index >= 15 is 0 Å². The molecule has 1 N–H and O–H groups in total. The predicted molar refractivity (Wildman–Crippen MR) is 80.7 cm³/mol. The second-order valence-electron chi connectivity index (χ2n) is 5.52. The maximum absolute atomic E-state index is 12.1. The quantitative estimate of drug-likeness (QED) is 0.897. The molecule has 0 radical (unpaired) electrons. The van der Waals surface area contributed by atoms with Crippen LogP contribution in [0.5, 0.6) is 0 Å². The van der Waals surface area contributed by atoms with E-state index < -0.39 is 0 Å². The number of urea groups is 1. The van der Waals surface area contributed by atoms with E-state index in [2.05, 4.69) is 5.32 Å². The largest absolute Gasteiger partial charge is 0.338 e. The molecule has 19 heavy (non-hydrogen) atoms. The van der Waals surface area contributed by atoms with E-state index in [1.54, 1.807) is 0 Å². The van der Waals surface area contributed by atoms with Crippen LogP contribution in [-0.4, -0.2) is 29.6 Å². The van der Waals surface area contributed by atoms with Gasteiger partial charge in [-0.1, -0.05) is 23.7 Å². The van der Waals surface area contributed by atoms with Crippen molar-refractivity contribution in [2.24, 2.45) is 0 Å². The van der Waals surface area contributed by atoms with Crippen molar-refractivity contribution in [3.63, 3.8) is 0 Å². The molecule has 3 nitrogen and oxygen atoms in total. The smallest absolute Gasteiger partial charge is 0.317 e. The van der Waals surface area contributed by atoms with Gasteiger partial charge in [-0.3, -0.25) is 0 Å². The van der Waals surface area contributed by atoms with Crippen LogP contribution in [0.4, 0.5) is 4.79 Å². The summed E-state index contributed by atoms with van der Waals surface area (Å²) in [5.74, 6) is 0. The summed E-state index contributed by atoms with van der Waals surface area (Å²) in [6, 6.07) is 7.69. The zero-order valence-electron chi connectivity index (χ0n) is 12.2. The summed E-state index contributed by atoms with van der Waals surface area (Å²) >= 11 is 5.83. The Morgan fingerprint density at radius 3 is 2.32 bits per heavy atom. The number of hydrogen-bond acceptors (Lipinski definition) is 1. The Labute approximate surface area is 120 Å². The van der Waals surface area contributed by atoms with Gasteiger partial charge in [0.05, 0.1) is 0 Å². The van der Waals surface area contributed by atoms with E-state index in [1.807, 2.05) is 56.9 Å². The number of carbonyl (C=O) groups excluding carboxylic acids is 1. The van der Waals surface area contributed by atoms with Crippen LogP contribution in [0, 0.1) is 0 Å². The Balaban J connectivity index is 2.44. The van der Waals surface area contributed by atoms with E-state index in [0.29, 0.717) is 13.1 Å². The van der Waals surface area contributed by atoms with Crippen molar-refractivity contribution in [1.82, 2.24) is 10.2 Å². The molecule has 1 aromatic rings. The molecule has 1 aromatic carbocycles. The zero-order valence-corrected chi connectivity index (χ0v) is 12.9. The van der Waals surface area contributed by atoms with Gasteiger partial charge in [0.15, 0.2) is 0 Å². The third-order valence-corrected chi connectivity index (χ3v) is 3.23. The highest BCUT2D eigenvalue weighted by molar-refractivity contribution is 6.30. The molecular weight excluding hydrogens is 260 g/mol. The number of benzene rings is 1. The van der Waals surface area contributed by atoms with Gasteiger partial charge in [0.2, 0.25) is 0 Å². The lowest BCUT2D eigenvalue weighted by Gasteiger charge is -2.34. The van der Waals surface area contributed by atoms with Crippen molar-refractivity contribution in [1.29, 1.82) is 0 Å². The van der Waals surface area contributed by atoms with Gasteiger partial charge in [-0.25, -0.2) is 4.79 Å². The van der Waals surface area contributed by atoms with Gasteiger partial charge in [-0.15, -0.1) is 0 Å². The van der Waals surface area contributed by atoms with Gasteiger partial charge in [0.1, 0.15) is 0 Å². The van der Waals surface area contributed by atoms with E-state index in [9.17, 15) is 4.79 Å². The molecule has 0 unspecified atom stereocenters. The number of carbonyl (C=O) groups is 1. The van der Waals surface area contributed by atoms with Crippen LogP contribution in [0.2, 0.25) is 5.02 Å². The molecule has 0 spiro atoms. The second-order valence-corrected chi connectivity index (χ2v) is 5.96. The van der Waals surface area contributed by atoms with Gasteiger partial charge >= 0.3 is 6.03 Å². The molecule has 106 valence electrons. The fourth-order valence-electron chi connectivity index (χ4n) is 1.98. The number of nitrogens with one attached hydrogen (secondary N) is 1. The number of rotatable bonds is 4. The molecule has 0 saturated heterocycles. The highest BCUT2D eigenvalue weighted by Gasteiger charge is 2.24. The maximum Gasteiger partial charge on any atom is 0.317 e. The van der Waals surface area contributed by atoms with Crippen LogP contribution in [0.1, 0.15) is 33.3 Å². The summed E-state index contributed by atoms with van der Waals surface area (Å²) in [7, 11) is 0. The van der Waals surface area contributed by atoms with Crippen LogP contribution < -0.4 is 5.32 Å². The minimum atomic E-state index is -0.154. The topological polar surface area (TPSA) is 32.3 Å². The van der Waals surface area contributed by atoms with E-state index in [-0.39, 0.29) is 11.6 Å². The summed E-state index contributed by atoms with van der Waals surface area (Å²) in [4.78, 5) is 13.9. The molecule has 0 aromatic heterocycles. The van der Waals surface area contributed by atoms with Crippen molar-refractivity contribution < 1.29 is 4.79 Å². The van der Waals surface area contributed by atoms with E-state index in [4.69, 9.17) is 11.6 Å². The van der Waals surface area contributed by atoms with Crippen molar-refractivity contribution in [3.05, 3.63) is 34.9 Å². The summed E-state index contributed by atoms with van der Waals surface area (Å²) in [6.45, 7) is 9.44. The first kappa shape index (κ1) is 15.8. The molecule has 1 rings (SSSR count). The van der Waals surface area contributed by atoms with Crippen molar-refractivity contribution in [2.45, 2.75) is 39.7 Å². The van der Waals surface area contributed by atoms with Crippen LogP contribution in [0.25, 0.3) is 0 Å². The molecule has 0 saturated carbocycles. The van der Waals surface area contributed by atoms with Crippen LogP contribution >= 0.6 is 11.6 Å². The number of halogens is 1. The first-order valence-corrected chi connectivity index (χ1v) is 7.02. The SMILES string of the molecule is CCN(C(=O)NCCc1ccc(Cl)cc1)C(C)(C)C. The first-order chi connectivity index (χ1) is 8.84. The molecular formula is C15H23ClN2O. The average Bonchev–Trinajstić information content (AvgIpc) is 2.30. The lowest BCUT2D eigenvalue weighted by molar-refractivity contribution is 0.150. The Morgan fingerprint density at radius 2 is 1.84 bits per heavy atom. The number of amides is 2. The monoisotopic (exact) mass is 282 g/mol. The van der Waals surface area contributed by atoms with Gasteiger partial charge in [-0.05, 0) is 51.8 Å². The summed E-state index contributed by atoms with van der Waals surface area (Å²) in [5.41, 5.74) is 1.02. The van der Waals surface area contributed by atoms with Crippen LogP contribution in [-0.2, 0) is 6.42 Å². The summed E-state index contributed by atoms with van der Waals surface area (Å²) < 4.78 is 0. The van der Waals surface area contributed by atoms with Gasteiger partial charge in [0, 0.05) is 23.7 Å². The zero-order chi connectivity index (χ0) is 14.5. The lowest BCUT2D eigenvalue weighted by atomic mass is 10.1. The highest BCUT2D eigenvalue weighted by Crippen LogP contribution is 2.13. The molecule has 4 heteroatoms. The van der Waals surface area contributed by atoms with Gasteiger partial charge in [0.25, 0.3) is 0 Å². The Bertz CT molecular complexity index is 409. The van der Waals surface area contributed by atoms with Crippen LogP contribution in [0.15, 0.2) is 24.3 Å². The molecule has 2 amide bonds. The van der Waals surface area contributed by atoms with E-state index in [0.717, 1.165) is 11.4 Å². The first-order valence-electron chi connectivity index (χ1n) is 6.64.